The van der Waals surface area contributed by atoms with Crippen molar-refractivity contribution in [2.75, 3.05) is 0 Å². The maximum absolute atomic E-state index is 13.5. The van der Waals surface area contributed by atoms with E-state index in [0.29, 0.717) is 11.4 Å². The van der Waals surface area contributed by atoms with Crippen LogP contribution in [0.2, 0.25) is 5.02 Å². The summed E-state index contributed by atoms with van der Waals surface area (Å²) in [6, 6.07) is 20.2. The van der Waals surface area contributed by atoms with Crippen molar-refractivity contribution in [3.8, 4) is 5.75 Å². The Morgan fingerprint density at radius 2 is 1.59 bits per heavy atom. The summed E-state index contributed by atoms with van der Waals surface area (Å²) in [5, 5.41) is 3.69. The summed E-state index contributed by atoms with van der Waals surface area (Å²) in [5.74, 6) is -1.97. The molecule has 0 heterocycles. The molecule has 1 amide bonds. The van der Waals surface area contributed by atoms with Crippen LogP contribution in [0.3, 0.4) is 0 Å². The summed E-state index contributed by atoms with van der Waals surface area (Å²) in [4.78, 5) is 13.0. The molecule has 1 N–H and O–H groups in total. The van der Waals surface area contributed by atoms with Crippen molar-refractivity contribution >= 4 is 17.5 Å². The molecule has 0 aliphatic carbocycles. The van der Waals surface area contributed by atoms with Crippen molar-refractivity contribution < 1.29 is 18.3 Å². The van der Waals surface area contributed by atoms with E-state index in [1.807, 2.05) is 61.5 Å². The maximum atomic E-state index is 13.5. The fraction of sp³-hybridized carbons (Fsp3) is 0.269. The van der Waals surface area contributed by atoms with Crippen LogP contribution in [0.5, 0.6) is 5.75 Å². The molecule has 0 unspecified atom stereocenters. The Labute approximate surface area is 192 Å². The zero-order valence-electron chi connectivity index (χ0n) is 18.2. The molecular weight excluding hydrogens is 432 g/mol. The van der Waals surface area contributed by atoms with Gasteiger partial charge in [-0.15, -0.1) is 0 Å². The van der Waals surface area contributed by atoms with Crippen LogP contribution in [0.15, 0.2) is 72.8 Å². The summed E-state index contributed by atoms with van der Waals surface area (Å²) in [7, 11) is 0. The second-order valence-electron chi connectivity index (χ2n) is 8.33. The molecule has 0 aliphatic rings. The van der Waals surface area contributed by atoms with Gasteiger partial charge in [0.25, 0.3) is 5.91 Å². The van der Waals surface area contributed by atoms with E-state index in [0.717, 1.165) is 29.3 Å². The van der Waals surface area contributed by atoms with Gasteiger partial charge in [0.15, 0.2) is 5.60 Å². The van der Waals surface area contributed by atoms with E-state index in [-0.39, 0.29) is 23.6 Å². The zero-order valence-corrected chi connectivity index (χ0v) is 19.0. The summed E-state index contributed by atoms with van der Waals surface area (Å²) < 4.78 is 32.7. The van der Waals surface area contributed by atoms with Crippen LogP contribution >= 0.6 is 11.6 Å². The summed E-state index contributed by atoms with van der Waals surface area (Å²) in [6.45, 7) is 5.06. The molecule has 2 atom stereocenters. The number of hydrogen-bond donors (Lipinski definition) is 1. The number of hydrogen-bond acceptors (Lipinski definition) is 2. The van der Waals surface area contributed by atoms with Crippen molar-refractivity contribution in [1.82, 2.24) is 5.32 Å². The van der Waals surface area contributed by atoms with Gasteiger partial charge in [-0.05, 0) is 50.5 Å². The second-order valence-corrected chi connectivity index (χ2v) is 8.76. The van der Waals surface area contributed by atoms with Crippen LogP contribution in [-0.4, -0.2) is 17.6 Å². The lowest BCUT2D eigenvalue weighted by atomic mass is 9.86. The van der Waals surface area contributed by atoms with Crippen LogP contribution in [0.1, 0.15) is 37.8 Å². The number of nitrogens with one attached hydrogen (secondary N) is 1. The Morgan fingerprint density at radius 1 is 1.00 bits per heavy atom. The maximum Gasteiger partial charge on any atom is 0.263 e. The van der Waals surface area contributed by atoms with E-state index < -0.39 is 17.2 Å². The smallest absolute Gasteiger partial charge is 0.263 e. The largest absolute Gasteiger partial charge is 0.478 e. The molecule has 0 aromatic heterocycles. The molecule has 168 valence electrons. The third-order valence-electron chi connectivity index (χ3n) is 5.31. The first-order valence-corrected chi connectivity index (χ1v) is 10.8. The number of carbonyl (C=O) groups is 1. The number of carbonyl (C=O) groups excluding carboxylic acids is 1. The van der Waals surface area contributed by atoms with Crippen LogP contribution < -0.4 is 10.1 Å². The highest BCUT2D eigenvalue weighted by molar-refractivity contribution is 6.30. The third-order valence-corrected chi connectivity index (χ3v) is 5.57. The van der Waals surface area contributed by atoms with Crippen molar-refractivity contribution in [2.24, 2.45) is 0 Å². The highest BCUT2D eigenvalue weighted by Crippen LogP contribution is 2.27. The Balaban J connectivity index is 1.77. The van der Waals surface area contributed by atoms with E-state index in [2.05, 4.69) is 5.32 Å². The molecule has 6 heteroatoms. The first-order valence-electron chi connectivity index (χ1n) is 10.4. The number of benzene rings is 3. The minimum Gasteiger partial charge on any atom is -0.478 e. The number of rotatable bonds is 8. The van der Waals surface area contributed by atoms with Crippen LogP contribution in [0, 0.1) is 11.6 Å². The summed E-state index contributed by atoms with van der Waals surface area (Å²) >= 11 is 6.01. The van der Waals surface area contributed by atoms with Gasteiger partial charge in [-0.1, -0.05) is 54.1 Å². The van der Waals surface area contributed by atoms with Crippen LogP contribution in [-0.2, 0) is 11.2 Å². The van der Waals surface area contributed by atoms with E-state index in [9.17, 15) is 13.6 Å². The number of ether oxygens (including phenoxy) is 1. The second kappa shape index (κ2) is 10.1. The molecule has 0 bridgehead atoms. The lowest BCUT2D eigenvalue weighted by molar-refractivity contribution is -0.135. The molecule has 32 heavy (non-hydrogen) atoms. The van der Waals surface area contributed by atoms with E-state index >= 15 is 0 Å². The van der Waals surface area contributed by atoms with Gasteiger partial charge in [-0.3, -0.25) is 4.79 Å². The van der Waals surface area contributed by atoms with Gasteiger partial charge in [0.2, 0.25) is 0 Å². The quantitative estimate of drug-likeness (QED) is 0.430. The monoisotopic (exact) mass is 457 g/mol. The van der Waals surface area contributed by atoms with Crippen molar-refractivity contribution in [1.29, 1.82) is 0 Å². The fourth-order valence-corrected chi connectivity index (χ4v) is 3.69. The highest BCUT2D eigenvalue weighted by Gasteiger charge is 2.33. The minimum atomic E-state index is -1.34. The Kier molecular flexibility index (Phi) is 7.52. The molecule has 3 aromatic rings. The first kappa shape index (κ1) is 23.7. The summed E-state index contributed by atoms with van der Waals surface area (Å²) in [5.41, 5.74) is 0.840. The lowest BCUT2D eigenvalue weighted by Gasteiger charge is -2.31. The average Bonchev–Trinajstić information content (AvgIpc) is 2.72. The SMILES string of the molecule is C[C@H](NC(=O)C(C)(C)Oc1cc(F)cc(F)c1)[C@@H](Cc1ccc(Cl)cc1)c1ccccc1. The van der Waals surface area contributed by atoms with E-state index in [1.165, 1.54) is 0 Å². The van der Waals surface area contributed by atoms with Crippen molar-refractivity contribution in [3.63, 3.8) is 0 Å². The predicted octanol–water partition coefficient (Wildman–Crippen LogP) is 6.31. The molecular formula is C26H26ClF2NO2. The topological polar surface area (TPSA) is 38.3 Å². The molecule has 0 fully saturated rings. The average molecular weight is 458 g/mol. The molecule has 3 aromatic carbocycles. The number of halogens is 3. The van der Waals surface area contributed by atoms with Gasteiger partial charge in [0.05, 0.1) is 0 Å². The Bertz CT molecular complexity index is 1030. The highest BCUT2D eigenvalue weighted by atomic mass is 35.5. The minimum absolute atomic E-state index is 0.0104. The van der Waals surface area contributed by atoms with Gasteiger partial charge in [0.1, 0.15) is 17.4 Å². The number of amides is 1. The molecule has 0 saturated heterocycles. The molecule has 3 rings (SSSR count). The fourth-order valence-electron chi connectivity index (χ4n) is 3.57. The van der Waals surface area contributed by atoms with Gasteiger partial charge in [0, 0.05) is 35.2 Å². The first-order chi connectivity index (χ1) is 15.1. The molecule has 0 aliphatic heterocycles. The van der Waals surface area contributed by atoms with Crippen LogP contribution in [0.25, 0.3) is 0 Å². The van der Waals surface area contributed by atoms with Gasteiger partial charge in [-0.2, -0.15) is 0 Å². The normalized spacial score (nSPS) is 13.3. The standard InChI is InChI=1S/C26H26ClF2NO2/c1-17(30-25(31)26(2,3)32-23-15-21(28)14-22(29)16-23)24(19-7-5-4-6-8-19)13-18-9-11-20(27)12-10-18/h4-12,14-17,24H,13H2,1-3H3,(H,30,31)/t17-,24+/m0/s1. The lowest BCUT2D eigenvalue weighted by Crippen LogP contribution is -2.51. The van der Waals surface area contributed by atoms with Gasteiger partial charge >= 0.3 is 0 Å². The van der Waals surface area contributed by atoms with Gasteiger partial charge < -0.3 is 10.1 Å². The Morgan fingerprint density at radius 3 is 2.19 bits per heavy atom. The molecule has 0 spiro atoms. The molecule has 0 radical (unpaired) electrons. The summed E-state index contributed by atoms with van der Waals surface area (Å²) in [6.07, 6.45) is 0.693. The van der Waals surface area contributed by atoms with Crippen molar-refractivity contribution in [2.45, 2.75) is 44.8 Å². The van der Waals surface area contributed by atoms with Crippen molar-refractivity contribution in [3.05, 3.63) is 101 Å². The van der Waals surface area contributed by atoms with Gasteiger partial charge in [-0.25, -0.2) is 8.78 Å². The van der Waals surface area contributed by atoms with Crippen LogP contribution in [0.4, 0.5) is 8.78 Å². The molecule has 3 nitrogen and oxygen atoms in total. The third kappa shape index (κ3) is 6.30. The zero-order chi connectivity index (χ0) is 23.3. The predicted molar refractivity (Wildman–Crippen MR) is 123 cm³/mol. The van der Waals surface area contributed by atoms with E-state index in [4.69, 9.17) is 16.3 Å². The Hall–Kier alpha value is -2.92. The molecule has 0 saturated carbocycles. The van der Waals surface area contributed by atoms with E-state index in [1.54, 1.807) is 13.8 Å².